The second kappa shape index (κ2) is 6.68. The van der Waals surface area contributed by atoms with Crippen LogP contribution in [0.1, 0.15) is 42.1 Å². The number of aromatic nitrogens is 2. The van der Waals surface area contributed by atoms with Crippen LogP contribution < -0.4 is 10.6 Å². The first kappa shape index (κ1) is 13.3. The van der Waals surface area contributed by atoms with Gasteiger partial charge < -0.3 is 10.6 Å². The fraction of sp³-hybridized carbons (Fsp3) is 0.750. The third-order valence-corrected chi connectivity index (χ3v) is 4.03. The van der Waals surface area contributed by atoms with Gasteiger partial charge in [-0.05, 0) is 19.8 Å². The first-order valence-corrected chi connectivity index (χ1v) is 7.39. The number of nitrogens with zero attached hydrogens (tertiary/aromatic N) is 2. The molecule has 5 nitrogen and oxygen atoms in total. The molecule has 1 fully saturated rings. The summed E-state index contributed by atoms with van der Waals surface area (Å²) in [6, 6.07) is 0.311. The number of aryl methyl sites for hydroxylation is 1. The lowest BCUT2D eigenvalue weighted by molar-refractivity contribution is 0.233. The second-order valence-electron chi connectivity index (χ2n) is 4.70. The maximum Gasteiger partial charge on any atom is 0.315 e. The van der Waals surface area contributed by atoms with E-state index in [4.69, 9.17) is 0 Å². The summed E-state index contributed by atoms with van der Waals surface area (Å²) in [6.45, 7) is 2.55. The number of rotatable bonds is 4. The Morgan fingerprint density at radius 1 is 1.33 bits per heavy atom. The zero-order chi connectivity index (χ0) is 12.8. The Balaban J connectivity index is 1.62. The van der Waals surface area contributed by atoms with Gasteiger partial charge in [-0.15, -0.1) is 21.5 Å². The van der Waals surface area contributed by atoms with Gasteiger partial charge in [0.15, 0.2) is 0 Å². The molecule has 1 aromatic rings. The molecule has 1 saturated carbocycles. The number of carbonyl (C=O) groups excluding carboxylic acids is 1. The molecule has 2 rings (SSSR count). The minimum absolute atomic E-state index is 0.0527. The molecule has 100 valence electrons. The predicted molar refractivity (Wildman–Crippen MR) is 71.8 cm³/mol. The number of amides is 2. The average Bonchev–Trinajstić information content (AvgIpc) is 2.76. The van der Waals surface area contributed by atoms with Crippen molar-refractivity contribution in [3.05, 3.63) is 10.0 Å². The molecular weight excluding hydrogens is 248 g/mol. The fourth-order valence-corrected chi connectivity index (χ4v) is 2.91. The minimum Gasteiger partial charge on any atom is -0.338 e. The Bertz CT molecular complexity index is 387. The van der Waals surface area contributed by atoms with Crippen molar-refractivity contribution >= 4 is 17.4 Å². The van der Waals surface area contributed by atoms with Crippen molar-refractivity contribution in [1.29, 1.82) is 0 Å². The second-order valence-corrected chi connectivity index (χ2v) is 5.97. The van der Waals surface area contributed by atoms with E-state index >= 15 is 0 Å². The summed E-state index contributed by atoms with van der Waals surface area (Å²) in [5.74, 6) is 0. The summed E-state index contributed by atoms with van der Waals surface area (Å²) in [7, 11) is 0. The van der Waals surface area contributed by atoms with Gasteiger partial charge in [0.2, 0.25) is 0 Å². The van der Waals surface area contributed by atoms with Crippen LogP contribution in [-0.4, -0.2) is 28.8 Å². The van der Waals surface area contributed by atoms with Crippen molar-refractivity contribution in [3.8, 4) is 0 Å². The number of carbonyl (C=O) groups is 1. The topological polar surface area (TPSA) is 66.9 Å². The van der Waals surface area contributed by atoms with Gasteiger partial charge >= 0.3 is 6.03 Å². The largest absolute Gasteiger partial charge is 0.338 e. The van der Waals surface area contributed by atoms with E-state index in [0.29, 0.717) is 12.6 Å². The van der Waals surface area contributed by atoms with Crippen LogP contribution in [0.2, 0.25) is 0 Å². The van der Waals surface area contributed by atoms with Crippen LogP contribution in [0.3, 0.4) is 0 Å². The van der Waals surface area contributed by atoms with Crippen molar-refractivity contribution in [1.82, 2.24) is 20.8 Å². The lowest BCUT2D eigenvalue weighted by Crippen LogP contribution is -2.43. The fourth-order valence-electron chi connectivity index (χ4n) is 2.20. The highest BCUT2D eigenvalue weighted by Crippen LogP contribution is 2.17. The number of hydrogen-bond acceptors (Lipinski definition) is 4. The predicted octanol–water partition coefficient (Wildman–Crippen LogP) is 2.02. The summed E-state index contributed by atoms with van der Waals surface area (Å²) < 4.78 is 0. The zero-order valence-electron chi connectivity index (χ0n) is 10.7. The van der Waals surface area contributed by atoms with Crippen molar-refractivity contribution in [2.45, 2.75) is 51.5 Å². The van der Waals surface area contributed by atoms with Crippen molar-refractivity contribution < 1.29 is 4.79 Å². The quantitative estimate of drug-likeness (QED) is 0.878. The molecule has 2 amide bonds. The standard InChI is InChI=1S/C12H20N4OS/c1-9-15-16-11(18-9)7-8-13-12(17)14-10-5-3-2-4-6-10/h10H,2-8H2,1H3,(H2,13,14,17). The molecular formula is C12H20N4OS. The molecule has 0 saturated heterocycles. The molecule has 1 aliphatic carbocycles. The monoisotopic (exact) mass is 268 g/mol. The van der Waals surface area contributed by atoms with Crippen LogP contribution in [0.15, 0.2) is 0 Å². The molecule has 0 unspecified atom stereocenters. The summed E-state index contributed by atoms with van der Waals surface area (Å²) in [5.41, 5.74) is 0. The van der Waals surface area contributed by atoms with Crippen LogP contribution in [0, 0.1) is 6.92 Å². The van der Waals surface area contributed by atoms with Crippen LogP contribution in [0.5, 0.6) is 0 Å². The van der Waals surface area contributed by atoms with Gasteiger partial charge in [0.25, 0.3) is 0 Å². The molecule has 0 bridgehead atoms. The van der Waals surface area contributed by atoms with Gasteiger partial charge in [0.05, 0.1) is 0 Å². The highest BCUT2D eigenvalue weighted by molar-refractivity contribution is 7.11. The maximum absolute atomic E-state index is 11.7. The van der Waals surface area contributed by atoms with E-state index in [1.165, 1.54) is 19.3 Å². The smallest absolute Gasteiger partial charge is 0.315 e. The van der Waals surface area contributed by atoms with E-state index in [0.717, 1.165) is 29.3 Å². The average molecular weight is 268 g/mol. The van der Waals surface area contributed by atoms with E-state index in [-0.39, 0.29) is 6.03 Å². The van der Waals surface area contributed by atoms with Gasteiger partial charge in [-0.25, -0.2) is 4.79 Å². The Hall–Kier alpha value is -1.17. The first-order chi connectivity index (χ1) is 8.74. The van der Waals surface area contributed by atoms with Gasteiger partial charge in [0.1, 0.15) is 10.0 Å². The van der Waals surface area contributed by atoms with Gasteiger partial charge in [-0.2, -0.15) is 0 Å². The molecule has 18 heavy (non-hydrogen) atoms. The van der Waals surface area contributed by atoms with E-state index < -0.39 is 0 Å². The Morgan fingerprint density at radius 2 is 2.11 bits per heavy atom. The normalized spacial score (nSPS) is 16.5. The molecule has 0 radical (unpaired) electrons. The van der Waals surface area contributed by atoms with Crippen molar-refractivity contribution in [2.75, 3.05) is 6.54 Å². The van der Waals surface area contributed by atoms with Crippen LogP contribution in [0.4, 0.5) is 4.79 Å². The van der Waals surface area contributed by atoms with Crippen molar-refractivity contribution in [2.24, 2.45) is 0 Å². The van der Waals surface area contributed by atoms with Crippen LogP contribution >= 0.6 is 11.3 Å². The van der Waals surface area contributed by atoms with E-state index in [9.17, 15) is 4.79 Å². The van der Waals surface area contributed by atoms with E-state index in [1.807, 2.05) is 6.92 Å². The lowest BCUT2D eigenvalue weighted by atomic mass is 9.96. The highest BCUT2D eigenvalue weighted by Gasteiger charge is 2.15. The molecule has 0 aromatic carbocycles. The SMILES string of the molecule is Cc1nnc(CCNC(=O)NC2CCCCC2)s1. The van der Waals surface area contributed by atoms with E-state index in [1.54, 1.807) is 11.3 Å². The summed E-state index contributed by atoms with van der Waals surface area (Å²) in [5, 5.41) is 15.8. The Kier molecular flexibility index (Phi) is 4.92. The number of hydrogen-bond donors (Lipinski definition) is 2. The lowest BCUT2D eigenvalue weighted by Gasteiger charge is -2.22. The number of nitrogens with one attached hydrogen (secondary N) is 2. The van der Waals surface area contributed by atoms with Gasteiger partial charge in [0, 0.05) is 19.0 Å². The molecule has 2 N–H and O–H groups in total. The van der Waals surface area contributed by atoms with Crippen molar-refractivity contribution in [3.63, 3.8) is 0 Å². The van der Waals surface area contributed by atoms with E-state index in [2.05, 4.69) is 20.8 Å². The summed E-state index contributed by atoms with van der Waals surface area (Å²) in [4.78, 5) is 11.7. The van der Waals surface area contributed by atoms with Gasteiger partial charge in [-0.3, -0.25) is 0 Å². The zero-order valence-corrected chi connectivity index (χ0v) is 11.6. The molecule has 0 spiro atoms. The highest BCUT2D eigenvalue weighted by atomic mass is 32.1. The maximum atomic E-state index is 11.7. The molecule has 0 aliphatic heterocycles. The molecule has 6 heteroatoms. The Labute approximate surface area is 111 Å². The van der Waals surface area contributed by atoms with Gasteiger partial charge in [-0.1, -0.05) is 19.3 Å². The molecule has 0 atom stereocenters. The number of urea groups is 1. The summed E-state index contributed by atoms with van der Waals surface area (Å²) in [6.07, 6.45) is 6.75. The summed E-state index contributed by atoms with van der Waals surface area (Å²) >= 11 is 1.58. The van der Waals surface area contributed by atoms with Crippen LogP contribution in [0.25, 0.3) is 0 Å². The Morgan fingerprint density at radius 3 is 2.78 bits per heavy atom. The third-order valence-electron chi connectivity index (χ3n) is 3.13. The molecule has 1 aliphatic rings. The molecule has 1 aromatic heterocycles. The third kappa shape index (κ3) is 4.25. The minimum atomic E-state index is -0.0527. The van der Waals surface area contributed by atoms with Crippen LogP contribution in [-0.2, 0) is 6.42 Å². The molecule has 1 heterocycles. The first-order valence-electron chi connectivity index (χ1n) is 6.57.